The molecule has 1 atom stereocenters. The Hall–Kier alpha value is -2.15. The first-order valence-electron chi connectivity index (χ1n) is 4.34. The zero-order valence-electron chi connectivity index (χ0n) is 7.88. The molecule has 1 rings (SSSR count). The van der Waals surface area contributed by atoms with E-state index < -0.39 is 17.7 Å². The molecule has 15 heavy (non-hydrogen) atoms. The van der Waals surface area contributed by atoms with Gasteiger partial charge >= 0.3 is 5.97 Å². The summed E-state index contributed by atoms with van der Waals surface area (Å²) in [5.74, 6) is -3.04. The number of carbonyl (C=O) groups is 2. The molecule has 0 amide bonds. The first-order valence-corrected chi connectivity index (χ1v) is 4.34. The molecule has 0 aromatic heterocycles. The Morgan fingerprint density at radius 2 is 1.93 bits per heavy atom. The lowest BCUT2D eigenvalue weighted by Gasteiger charge is -2.08. The van der Waals surface area contributed by atoms with Gasteiger partial charge < -0.3 is 5.11 Å². The number of benzene rings is 1. The molecular formula is C11H9NO3. The molecule has 0 aliphatic heterocycles. The van der Waals surface area contributed by atoms with Crippen molar-refractivity contribution in [2.75, 3.05) is 0 Å². The van der Waals surface area contributed by atoms with Crippen molar-refractivity contribution in [3.05, 3.63) is 35.9 Å². The van der Waals surface area contributed by atoms with Crippen LogP contribution < -0.4 is 0 Å². The third kappa shape index (κ3) is 2.64. The Morgan fingerprint density at radius 3 is 2.40 bits per heavy atom. The SMILES string of the molecule is N#CCC(=O)C(C(=O)O)c1ccccc1. The number of hydrogen-bond donors (Lipinski definition) is 1. The second-order valence-electron chi connectivity index (χ2n) is 2.98. The van der Waals surface area contributed by atoms with Gasteiger partial charge in [0.05, 0.1) is 12.5 Å². The van der Waals surface area contributed by atoms with Gasteiger partial charge in [0.1, 0.15) is 5.92 Å². The van der Waals surface area contributed by atoms with Gasteiger partial charge in [0.2, 0.25) is 0 Å². The van der Waals surface area contributed by atoms with Gasteiger partial charge in [0.25, 0.3) is 0 Å². The summed E-state index contributed by atoms with van der Waals surface area (Å²) in [4.78, 5) is 22.3. The Morgan fingerprint density at radius 1 is 1.33 bits per heavy atom. The quantitative estimate of drug-likeness (QED) is 0.749. The van der Waals surface area contributed by atoms with E-state index in [4.69, 9.17) is 10.4 Å². The minimum absolute atomic E-state index is 0.383. The largest absolute Gasteiger partial charge is 0.480 e. The highest BCUT2D eigenvalue weighted by molar-refractivity contribution is 6.04. The number of nitrogens with zero attached hydrogens (tertiary/aromatic N) is 1. The molecule has 0 saturated carbocycles. The maximum absolute atomic E-state index is 11.4. The summed E-state index contributed by atoms with van der Waals surface area (Å²) in [5.41, 5.74) is 0.408. The van der Waals surface area contributed by atoms with E-state index in [1.165, 1.54) is 0 Å². The van der Waals surface area contributed by atoms with E-state index >= 15 is 0 Å². The van der Waals surface area contributed by atoms with Gasteiger partial charge in [0, 0.05) is 0 Å². The van der Waals surface area contributed by atoms with Crippen molar-refractivity contribution in [3.63, 3.8) is 0 Å². The molecule has 4 nitrogen and oxygen atoms in total. The van der Waals surface area contributed by atoms with Crippen molar-refractivity contribution in [3.8, 4) is 6.07 Å². The minimum atomic E-state index is -1.23. The van der Waals surface area contributed by atoms with Crippen molar-refractivity contribution >= 4 is 11.8 Å². The first-order chi connectivity index (χ1) is 7.16. The highest BCUT2D eigenvalue weighted by Gasteiger charge is 2.27. The number of aliphatic carboxylic acids is 1. The van der Waals surface area contributed by atoms with Crippen LogP contribution in [0.4, 0.5) is 0 Å². The van der Waals surface area contributed by atoms with Crippen LogP contribution in [0.25, 0.3) is 0 Å². The lowest BCUT2D eigenvalue weighted by atomic mass is 9.93. The Labute approximate surface area is 86.8 Å². The average Bonchev–Trinajstić information content (AvgIpc) is 2.19. The Kier molecular flexibility index (Phi) is 3.58. The van der Waals surface area contributed by atoms with Gasteiger partial charge in [-0.15, -0.1) is 0 Å². The van der Waals surface area contributed by atoms with E-state index in [1.54, 1.807) is 36.4 Å². The predicted octanol–water partition coefficient (Wildman–Crippen LogP) is 1.34. The van der Waals surface area contributed by atoms with Gasteiger partial charge in [-0.1, -0.05) is 30.3 Å². The number of hydrogen-bond acceptors (Lipinski definition) is 3. The molecule has 0 aliphatic rings. The lowest BCUT2D eigenvalue weighted by Crippen LogP contribution is -2.21. The fourth-order valence-corrected chi connectivity index (χ4v) is 1.29. The molecule has 0 radical (unpaired) electrons. The zero-order valence-corrected chi connectivity index (χ0v) is 7.88. The van der Waals surface area contributed by atoms with Crippen LogP contribution in [-0.4, -0.2) is 16.9 Å². The summed E-state index contributed by atoms with van der Waals surface area (Å²) in [5, 5.41) is 17.2. The van der Waals surface area contributed by atoms with E-state index in [9.17, 15) is 9.59 Å². The molecule has 1 unspecified atom stereocenters. The Bertz CT molecular complexity index is 406. The summed E-state index contributed by atoms with van der Waals surface area (Å²) in [6.45, 7) is 0. The predicted molar refractivity (Wildman–Crippen MR) is 52.1 cm³/mol. The molecule has 76 valence electrons. The smallest absolute Gasteiger partial charge is 0.318 e. The Balaban J connectivity index is 3.00. The monoisotopic (exact) mass is 203 g/mol. The first kappa shape index (κ1) is 10.9. The van der Waals surface area contributed by atoms with E-state index in [0.717, 1.165) is 0 Å². The third-order valence-corrected chi connectivity index (χ3v) is 1.96. The molecule has 0 heterocycles. The number of rotatable bonds is 4. The molecule has 0 fully saturated rings. The highest BCUT2D eigenvalue weighted by atomic mass is 16.4. The van der Waals surface area contributed by atoms with Crippen molar-refractivity contribution in [1.82, 2.24) is 0 Å². The zero-order chi connectivity index (χ0) is 11.3. The fourth-order valence-electron chi connectivity index (χ4n) is 1.29. The van der Waals surface area contributed by atoms with Crippen LogP contribution >= 0.6 is 0 Å². The molecule has 4 heteroatoms. The topological polar surface area (TPSA) is 78.2 Å². The van der Waals surface area contributed by atoms with E-state index in [0.29, 0.717) is 5.56 Å². The van der Waals surface area contributed by atoms with Gasteiger partial charge in [-0.05, 0) is 5.56 Å². The maximum Gasteiger partial charge on any atom is 0.318 e. The summed E-state index contributed by atoms with van der Waals surface area (Å²) in [7, 11) is 0. The van der Waals surface area contributed by atoms with E-state index in [-0.39, 0.29) is 6.42 Å². The van der Waals surface area contributed by atoms with Crippen molar-refractivity contribution in [2.45, 2.75) is 12.3 Å². The van der Waals surface area contributed by atoms with Crippen LogP contribution in [0.5, 0.6) is 0 Å². The number of carbonyl (C=O) groups excluding carboxylic acids is 1. The van der Waals surface area contributed by atoms with Crippen LogP contribution in [0.1, 0.15) is 17.9 Å². The fraction of sp³-hybridized carbons (Fsp3) is 0.182. The second kappa shape index (κ2) is 4.91. The molecule has 0 bridgehead atoms. The van der Waals surface area contributed by atoms with Crippen LogP contribution in [0.3, 0.4) is 0 Å². The van der Waals surface area contributed by atoms with E-state index in [2.05, 4.69) is 0 Å². The molecule has 0 spiro atoms. The van der Waals surface area contributed by atoms with Gasteiger partial charge in [-0.2, -0.15) is 5.26 Å². The average molecular weight is 203 g/mol. The van der Waals surface area contributed by atoms with Crippen LogP contribution in [0, 0.1) is 11.3 Å². The molecule has 0 saturated heterocycles. The van der Waals surface area contributed by atoms with Gasteiger partial charge in [-0.3, -0.25) is 9.59 Å². The van der Waals surface area contributed by atoms with Crippen molar-refractivity contribution in [2.24, 2.45) is 0 Å². The summed E-state index contributed by atoms with van der Waals surface area (Å²) >= 11 is 0. The molecule has 1 aromatic carbocycles. The second-order valence-corrected chi connectivity index (χ2v) is 2.98. The summed E-state index contributed by atoms with van der Waals surface area (Å²) < 4.78 is 0. The lowest BCUT2D eigenvalue weighted by molar-refractivity contribution is -0.142. The third-order valence-electron chi connectivity index (χ3n) is 1.96. The number of nitriles is 1. The highest BCUT2D eigenvalue weighted by Crippen LogP contribution is 2.18. The van der Waals surface area contributed by atoms with Gasteiger partial charge in [0.15, 0.2) is 5.78 Å². The summed E-state index contributed by atoms with van der Waals surface area (Å²) in [6.07, 6.45) is -0.383. The molecular weight excluding hydrogens is 194 g/mol. The van der Waals surface area contributed by atoms with Gasteiger partial charge in [-0.25, -0.2) is 0 Å². The molecule has 1 N–H and O–H groups in total. The molecule has 0 aliphatic carbocycles. The number of ketones is 1. The summed E-state index contributed by atoms with van der Waals surface area (Å²) in [6, 6.07) is 9.84. The maximum atomic E-state index is 11.4. The molecule has 1 aromatic rings. The van der Waals surface area contributed by atoms with Crippen LogP contribution in [-0.2, 0) is 9.59 Å². The standard InChI is InChI=1S/C11H9NO3/c12-7-6-9(13)10(11(14)15)8-4-2-1-3-5-8/h1-5,10H,6H2,(H,14,15). The van der Waals surface area contributed by atoms with E-state index in [1.807, 2.05) is 0 Å². The minimum Gasteiger partial charge on any atom is -0.480 e. The van der Waals surface area contributed by atoms with Crippen molar-refractivity contribution < 1.29 is 14.7 Å². The number of carboxylic acids is 1. The van der Waals surface area contributed by atoms with Crippen LogP contribution in [0.2, 0.25) is 0 Å². The normalized spacial score (nSPS) is 11.4. The van der Waals surface area contributed by atoms with Crippen molar-refractivity contribution in [1.29, 1.82) is 5.26 Å². The number of Topliss-reactive ketones (excluding diaryl/α,β-unsaturated/α-hetero) is 1. The number of carboxylic acid groups (broad SMARTS) is 1. The van der Waals surface area contributed by atoms with Crippen LogP contribution in [0.15, 0.2) is 30.3 Å².